The predicted molar refractivity (Wildman–Crippen MR) is 156 cm³/mol. The highest BCUT2D eigenvalue weighted by molar-refractivity contribution is 7.99. The van der Waals surface area contributed by atoms with E-state index in [0.717, 1.165) is 54.2 Å². The summed E-state index contributed by atoms with van der Waals surface area (Å²) in [6.07, 6.45) is 4.07. The topological polar surface area (TPSA) is 70.7 Å². The first-order valence-electron chi connectivity index (χ1n) is 12.3. The Balaban J connectivity index is 1.22. The van der Waals surface area contributed by atoms with E-state index in [0.29, 0.717) is 5.56 Å². The Kier molecular flexibility index (Phi) is 6.46. The maximum absolute atomic E-state index is 13.3. The summed E-state index contributed by atoms with van der Waals surface area (Å²) in [6, 6.07) is 33.8. The van der Waals surface area contributed by atoms with E-state index in [1.165, 1.54) is 0 Å². The van der Waals surface area contributed by atoms with Crippen LogP contribution in [-0.4, -0.2) is 21.1 Å². The van der Waals surface area contributed by atoms with Crippen LogP contribution in [0.2, 0.25) is 0 Å². The van der Waals surface area contributed by atoms with Gasteiger partial charge in [0.05, 0.1) is 22.3 Å². The third-order valence-corrected chi connectivity index (χ3v) is 7.31. The molecule has 0 aliphatic rings. The van der Waals surface area contributed by atoms with Gasteiger partial charge in [-0.25, -0.2) is 0 Å². The van der Waals surface area contributed by atoms with Gasteiger partial charge in [0.1, 0.15) is 0 Å². The van der Waals surface area contributed by atoms with Gasteiger partial charge < -0.3 is 5.32 Å². The summed E-state index contributed by atoms with van der Waals surface area (Å²) < 4.78 is 0. The largest absolute Gasteiger partial charge is 0.322 e. The number of pyridine rings is 1. The Morgan fingerprint density at radius 1 is 0.868 bits per heavy atom. The summed E-state index contributed by atoms with van der Waals surface area (Å²) in [7, 11) is 0. The van der Waals surface area contributed by atoms with Crippen LogP contribution in [0.15, 0.2) is 113 Å². The molecule has 4 aromatic carbocycles. The van der Waals surface area contributed by atoms with Crippen molar-refractivity contribution in [2.24, 2.45) is 0 Å². The molecule has 6 aromatic rings. The lowest BCUT2D eigenvalue weighted by Gasteiger charge is -2.11. The fourth-order valence-corrected chi connectivity index (χ4v) is 5.31. The number of hydrogen-bond acceptors (Lipinski definition) is 4. The van der Waals surface area contributed by atoms with E-state index in [9.17, 15) is 4.79 Å². The molecule has 184 valence electrons. The lowest BCUT2D eigenvalue weighted by Crippen LogP contribution is -2.12. The number of carbonyl (C=O) groups is 1. The second-order valence-electron chi connectivity index (χ2n) is 8.97. The molecule has 2 aromatic heterocycles. The molecule has 0 atom stereocenters. The average Bonchev–Trinajstić information content (AvgIpc) is 3.35. The van der Waals surface area contributed by atoms with Gasteiger partial charge >= 0.3 is 0 Å². The molecule has 6 heteroatoms. The molecule has 6 rings (SSSR count). The Labute approximate surface area is 224 Å². The lowest BCUT2D eigenvalue weighted by molar-refractivity contribution is 0.102. The molecule has 0 saturated heterocycles. The monoisotopic (exact) mass is 512 g/mol. The Morgan fingerprint density at radius 2 is 1.71 bits per heavy atom. The van der Waals surface area contributed by atoms with Crippen molar-refractivity contribution in [3.63, 3.8) is 0 Å². The number of amides is 1. The van der Waals surface area contributed by atoms with E-state index in [-0.39, 0.29) is 5.91 Å². The van der Waals surface area contributed by atoms with Crippen LogP contribution in [0.5, 0.6) is 0 Å². The van der Waals surface area contributed by atoms with Crippen LogP contribution >= 0.6 is 11.8 Å². The summed E-state index contributed by atoms with van der Waals surface area (Å²) in [5, 5.41) is 12.7. The zero-order valence-corrected chi connectivity index (χ0v) is 21.5. The second-order valence-corrected chi connectivity index (χ2v) is 10.1. The van der Waals surface area contributed by atoms with Crippen LogP contribution < -0.4 is 5.32 Å². The molecule has 0 radical (unpaired) electrons. The maximum atomic E-state index is 13.3. The zero-order valence-electron chi connectivity index (χ0n) is 20.7. The van der Waals surface area contributed by atoms with Crippen LogP contribution in [0.3, 0.4) is 0 Å². The first kappa shape index (κ1) is 23.7. The second kappa shape index (κ2) is 10.4. The van der Waals surface area contributed by atoms with E-state index < -0.39 is 0 Å². The molecule has 0 spiro atoms. The number of benzene rings is 4. The molecule has 2 N–H and O–H groups in total. The molecule has 0 unspecified atom stereocenters. The summed E-state index contributed by atoms with van der Waals surface area (Å²) in [4.78, 5) is 19.7. The predicted octanol–water partition coefficient (Wildman–Crippen LogP) is 7.99. The fourth-order valence-electron chi connectivity index (χ4n) is 4.32. The molecule has 2 heterocycles. The van der Waals surface area contributed by atoms with Gasteiger partial charge in [0, 0.05) is 31.9 Å². The van der Waals surface area contributed by atoms with Gasteiger partial charge in [-0.2, -0.15) is 5.10 Å². The summed E-state index contributed by atoms with van der Waals surface area (Å²) in [5.41, 5.74) is 6.20. The maximum Gasteiger partial charge on any atom is 0.256 e. The molecular formula is C32H24N4OS. The highest BCUT2D eigenvalue weighted by Gasteiger charge is 2.14. The van der Waals surface area contributed by atoms with Gasteiger partial charge in [-0.1, -0.05) is 66.4 Å². The highest BCUT2D eigenvalue weighted by atomic mass is 32.2. The lowest BCUT2D eigenvalue weighted by atomic mass is 10.1. The fraction of sp³-hybridized carbons (Fsp3) is 0.0312. The Bertz CT molecular complexity index is 1810. The number of H-pyrrole nitrogens is 1. The number of aromatic nitrogens is 3. The minimum Gasteiger partial charge on any atom is -0.322 e. The van der Waals surface area contributed by atoms with Crippen LogP contribution in [0.4, 0.5) is 5.69 Å². The van der Waals surface area contributed by atoms with Crippen molar-refractivity contribution < 1.29 is 4.79 Å². The summed E-state index contributed by atoms with van der Waals surface area (Å²) >= 11 is 1.55. The summed E-state index contributed by atoms with van der Waals surface area (Å²) in [6.45, 7) is 1.97. The van der Waals surface area contributed by atoms with E-state index in [4.69, 9.17) is 0 Å². The molecule has 5 nitrogen and oxygen atoms in total. The number of nitrogens with zero attached hydrogens (tertiary/aromatic N) is 2. The number of rotatable bonds is 6. The standard InChI is InChI=1S/C32H24N4OS/c1-21-11-13-23-19-24(14-18-28(23)33-21)34-32(37)27-9-5-6-10-31(27)38-25-15-16-26-29(35-36-30(26)20-25)17-12-22-7-3-2-4-8-22/h2-20H,1H3,(H,34,37)(H,35,36)/b17-12+. The first-order valence-corrected chi connectivity index (χ1v) is 13.1. The van der Waals surface area contributed by atoms with Crippen molar-refractivity contribution in [2.45, 2.75) is 16.7 Å². The molecule has 0 bridgehead atoms. The van der Waals surface area contributed by atoms with Gasteiger partial charge in [0.2, 0.25) is 0 Å². The van der Waals surface area contributed by atoms with Crippen LogP contribution in [0.1, 0.15) is 27.3 Å². The Morgan fingerprint density at radius 3 is 2.61 bits per heavy atom. The van der Waals surface area contributed by atoms with E-state index in [2.05, 4.69) is 56.9 Å². The van der Waals surface area contributed by atoms with Gasteiger partial charge in [0.25, 0.3) is 5.91 Å². The van der Waals surface area contributed by atoms with Crippen LogP contribution in [-0.2, 0) is 0 Å². The molecule has 0 fully saturated rings. The minimum atomic E-state index is -0.150. The van der Waals surface area contributed by atoms with Crippen LogP contribution in [0, 0.1) is 6.92 Å². The number of carbonyl (C=O) groups excluding carboxylic acids is 1. The average molecular weight is 513 g/mol. The molecular weight excluding hydrogens is 488 g/mol. The molecule has 0 aliphatic heterocycles. The SMILES string of the molecule is Cc1ccc2cc(NC(=O)c3ccccc3Sc3ccc4c(/C=C/c5ccccc5)n[nH]c4c3)ccc2n1. The number of nitrogens with one attached hydrogen (secondary N) is 2. The van der Waals surface area contributed by atoms with Crippen molar-refractivity contribution in [3.8, 4) is 0 Å². The normalized spacial score (nSPS) is 11.4. The quantitative estimate of drug-likeness (QED) is 0.237. The molecule has 0 aliphatic carbocycles. The third-order valence-electron chi connectivity index (χ3n) is 6.24. The van der Waals surface area contributed by atoms with Crippen molar-refractivity contribution in [1.82, 2.24) is 15.2 Å². The molecule has 1 amide bonds. The highest BCUT2D eigenvalue weighted by Crippen LogP contribution is 2.33. The van der Waals surface area contributed by atoms with Crippen LogP contribution in [0.25, 0.3) is 34.0 Å². The number of anilines is 1. The van der Waals surface area contributed by atoms with Gasteiger partial charge in [-0.3, -0.25) is 14.9 Å². The summed E-state index contributed by atoms with van der Waals surface area (Å²) in [5.74, 6) is -0.150. The number of aromatic amines is 1. The van der Waals surface area contributed by atoms with Crippen molar-refractivity contribution in [2.75, 3.05) is 5.32 Å². The van der Waals surface area contributed by atoms with E-state index in [1.54, 1.807) is 11.8 Å². The first-order chi connectivity index (χ1) is 18.6. The van der Waals surface area contributed by atoms with Gasteiger partial charge in [-0.15, -0.1) is 0 Å². The Hall–Kier alpha value is -4.68. The van der Waals surface area contributed by atoms with Crippen molar-refractivity contribution in [3.05, 3.63) is 126 Å². The minimum absolute atomic E-state index is 0.150. The smallest absolute Gasteiger partial charge is 0.256 e. The number of hydrogen-bond donors (Lipinski definition) is 2. The number of aryl methyl sites for hydroxylation is 1. The zero-order chi connectivity index (χ0) is 25.9. The van der Waals surface area contributed by atoms with E-state index >= 15 is 0 Å². The third kappa shape index (κ3) is 5.08. The number of fused-ring (bicyclic) bond motifs is 2. The van der Waals surface area contributed by atoms with Gasteiger partial charge in [0.15, 0.2) is 0 Å². The molecule has 38 heavy (non-hydrogen) atoms. The van der Waals surface area contributed by atoms with Crippen molar-refractivity contribution in [1.29, 1.82) is 0 Å². The van der Waals surface area contributed by atoms with Gasteiger partial charge in [-0.05, 0) is 73.2 Å². The van der Waals surface area contributed by atoms with Crippen molar-refractivity contribution >= 4 is 57.3 Å². The molecule has 0 saturated carbocycles. The van der Waals surface area contributed by atoms with E-state index in [1.807, 2.05) is 85.8 Å².